The predicted molar refractivity (Wildman–Crippen MR) is 106 cm³/mol. The van der Waals surface area contributed by atoms with Gasteiger partial charge in [0, 0.05) is 6.20 Å². The number of aromatic carboxylic acids is 1. The minimum Gasteiger partial charge on any atom is -0.477 e. The second kappa shape index (κ2) is 6.17. The van der Waals surface area contributed by atoms with Gasteiger partial charge in [-0.25, -0.2) is 9.18 Å². The van der Waals surface area contributed by atoms with Crippen LogP contribution >= 0.6 is 9.24 Å². The van der Waals surface area contributed by atoms with Crippen molar-refractivity contribution in [1.82, 2.24) is 4.40 Å². The first-order valence-electron chi connectivity index (χ1n) is 8.56. The number of benzene rings is 1. The van der Waals surface area contributed by atoms with E-state index in [0.717, 1.165) is 29.5 Å². The molecule has 0 bridgehead atoms. The largest absolute Gasteiger partial charge is 0.477 e. The summed E-state index contributed by atoms with van der Waals surface area (Å²) >= 11 is 0. The minimum atomic E-state index is -1.23. The van der Waals surface area contributed by atoms with Crippen LogP contribution in [-0.4, -0.2) is 15.5 Å². The average molecular weight is 384 g/mol. The van der Waals surface area contributed by atoms with Crippen molar-refractivity contribution in [3.8, 4) is 11.1 Å². The summed E-state index contributed by atoms with van der Waals surface area (Å²) in [5.41, 5.74) is 8.79. The van der Waals surface area contributed by atoms with Crippen LogP contribution in [0.25, 0.3) is 16.6 Å². The lowest BCUT2D eigenvalue weighted by Crippen LogP contribution is -2.23. The monoisotopic (exact) mass is 384 g/mol. The zero-order valence-corrected chi connectivity index (χ0v) is 15.8. The van der Waals surface area contributed by atoms with Crippen LogP contribution < -0.4 is 16.6 Å². The van der Waals surface area contributed by atoms with Gasteiger partial charge in [-0.1, -0.05) is 0 Å². The molecular weight excluding hydrogens is 366 g/mol. The van der Waals surface area contributed by atoms with Gasteiger partial charge in [0.25, 0.3) is 5.56 Å². The van der Waals surface area contributed by atoms with Gasteiger partial charge in [0.15, 0.2) is 0 Å². The Labute approximate surface area is 156 Å². The standard InChI is InChI=1S/C20H18FN2O3P/c1-9-12(11-6-15(21)17(22)16(27)7-11)4-5-23-18(9)13(10-2-3-10)8-14(19(23)24)20(25)26/h4-8,10H,2-3,22,27H2,1H3,(H,25,26). The minimum absolute atomic E-state index is 0.0863. The van der Waals surface area contributed by atoms with Crippen molar-refractivity contribution >= 4 is 31.7 Å². The van der Waals surface area contributed by atoms with Gasteiger partial charge >= 0.3 is 5.97 Å². The van der Waals surface area contributed by atoms with E-state index in [-0.39, 0.29) is 17.2 Å². The van der Waals surface area contributed by atoms with E-state index in [1.54, 1.807) is 18.3 Å². The molecule has 1 fully saturated rings. The first-order chi connectivity index (χ1) is 12.8. The van der Waals surface area contributed by atoms with Crippen LogP contribution in [0.2, 0.25) is 0 Å². The number of nitrogens with zero attached hydrogens (tertiary/aromatic N) is 1. The highest BCUT2D eigenvalue weighted by Gasteiger charge is 2.29. The van der Waals surface area contributed by atoms with Crippen LogP contribution in [0.5, 0.6) is 0 Å². The number of nitrogens with two attached hydrogens (primary N) is 1. The van der Waals surface area contributed by atoms with Gasteiger partial charge in [-0.05, 0) is 77.5 Å². The van der Waals surface area contributed by atoms with E-state index in [4.69, 9.17) is 5.73 Å². The average Bonchev–Trinajstić information content (AvgIpc) is 3.45. The Kier molecular flexibility index (Phi) is 4.04. The van der Waals surface area contributed by atoms with Crippen LogP contribution in [0.1, 0.15) is 40.2 Å². The predicted octanol–water partition coefficient (Wildman–Crippen LogP) is 3.07. The molecule has 0 saturated heterocycles. The molecule has 1 aromatic carbocycles. The Morgan fingerprint density at radius 2 is 2.04 bits per heavy atom. The molecule has 2 aromatic heterocycles. The molecule has 0 spiro atoms. The molecule has 0 amide bonds. The second-order valence-corrected chi connectivity index (χ2v) is 7.55. The highest BCUT2D eigenvalue weighted by Crippen LogP contribution is 2.43. The van der Waals surface area contributed by atoms with Crippen molar-refractivity contribution in [2.45, 2.75) is 25.7 Å². The van der Waals surface area contributed by atoms with Crippen LogP contribution in [-0.2, 0) is 0 Å². The third-order valence-corrected chi connectivity index (χ3v) is 5.61. The second-order valence-electron chi connectivity index (χ2n) is 6.93. The Balaban J connectivity index is 2.05. The fraction of sp³-hybridized carbons (Fsp3) is 0.200. The molecule has 1 aliphatic rings. The van der Waals surface area contributed by atoms with Gasteiger partial charge < -0.3 is 10.8 Å². The molecule has 0 radical (unpaired) electrons. The molecule has 1 unspecified atom stereocenters. The zero-order chi connectivity index (χ0) is 19.5. The van der Waals surface area contributed by atoms with Crippen molar-refractivity contribution in [2.75, 3.05) is 5.73 Å². The molecule has 7 heteroatoms. The van der Waals surface area contributed by atoms with Gasteiger partial charge in [0.2, 0.25) is 0 Å². The molecule has 1 atom stereocenters. The number of hydrogen-bond acceptors (Lipinski definition) is 3. The third kappa shape index (κ3) is 2.81. The molecule has 3 aromatic rings. The van der Waals surface area contributed by atoms with E-state index in [1.165, 1.54) is 16.5 Å². The first-order valence-corrected chi connectivity index (χ1v) is 9.14. The summed E-state index contributed by atoms with van der Waals surface area (Å²) in [7, 11) is 2.42. The van der Waals surface area contributed by atoms with E-state index in [2.05, 4.69) is 9.24 Å². The number of carbonyl (C=O) groups is 1. The van der Waals surface area contributed by atoms with Crippen LogP contribution in [0.15, 0.2) is 35.3 Å². The highest BCUT2D eigenvalue weighted by atomic mass is 31.0. The Hall–Kier alpha value is -2.72. The molecule has 27 heavy (non-hydrogen) atoms. The summed E-state index contributed by atoms with van der Waals surface area (Å²) < 4.78 is 15.5. The lowest BCUT2D eigenvalue weighted by Gasteiger charge is -2.16. The summed E-state index contributed by atoms with van der Waals surface area (Å²) in [6, 6.07) is 6.37. The Morgan fingerprint density at radius 3 is 2.63 bits per heavy atom. The number of aryl methyl sites for hydroxylation is 1. The van der Waals surface area contributed by atoms with E-state index < -0.39 is 17.3 Å². The zero-order valence-electron chi connectivity index (χ0n) is 14.6. The Bertz CT molecular complexity index is 1160. The fourth-order valence-electron chi connectivity index (χ4n) is 3.56. The van der Waals surface area contributed by atoms with Crippen molar-refractivity contribution in [3.05, 3.63) is 63.3 Å². The van der Waals surface area contributed by atoms with Gasteiger partial charge in [0.05, 0.1) is 11.2 Å². The fourth-order valence-corrected chi connectivity index (χ4v) is 3.88. The molecule has 1 aliphatic carbocycles. The summed E-state index contributed by atoms with van der Waals surface area (Å²) in [5.74, 6) is -1.49. The number of nitrogen functional groups attached to an aromatic ring is 1. The van der Waals surface area contributed by atoms with E-state index >= 15 is 0 Å². The van der Waals surface area contributed by atoms with E-state index in [9.17, 15) is 19.1 Å². The van der Waals surface area contributed by atoms with Crippen molar-refractivity contribution < 1.29 is 14.3 Å². The topological polar surface area (TPSA) is 84.8 Å². The number of carboxylic acids is 1. The van der Waals surface area contributed by atoms with Crippen molar-refractivity contribution in [1.29, 1.82) is 0 Å². The number of carboxylic acid groups (broad SMARTS) is 1. The van der Waals surface area contributed by atoms with Gasteiger partial charge in [-0.15, -0.1) is 9.24 Å². The normalized spacial score (nSPS) is 13.9. The molecule has 3 N–H and O–H groups in total. The highest BCUT2D eigenvalue weighted by molar-refractivity contribution is 7.28. The lowest BCUT2D eigenvalue weighted by molar-refractivity contribution is 0.0694. The molecule has 138 valence electrons. The van der Waals surface area contributed by atoms with E-state index in [1.807, 2.05) is 6.92 Å². The summed E-state index contributed by atoms with van der Waals surface area (Å²) in [5, 5.41) is 9.93. The Morgan fingerprint density at radius 1 is 1.33 bits per heavy atom. The smallest absolute Gasteiger partial charge is 0.341 e. The van der Waals surface area contributed by atoms with Crippen molar-refractivity contribution in [3.63, 3.8) is 0 Å². The van der Waals surface area contributed by atoms with Crippen LogP contribution in [0.4, 0.5) is 10.1 Å². The molecule has 5 nitrogen and oxygen atoms in total. The number of pyridine rings is 2. The number of fused-ring (bicyclic) bond motifs is 1. The number of halogens is 1. The number of aromatic nitrogens is 1. The summed E-state index contributed by atoms with van der Waals surface area (Å²) in [6.45, 7) is 1.87. The summed E-state index contributed by atoms with van der Waals surface area (Å²) in [6.07, 6.45) is 3.49. The number of rotatable bonds is 3. The van der Waals surface area contributed by atoms with Crippen molar-refractivity contribution in [2.24, 2.45) is 0 Å². The SMILES string of the molecule is Cc1c(-c2cc(F)c(N)c(P)c2)ccn2c(=O)c(C(=O)O)cc(C3CC3)c12. The van der Waals surface area contributed by atoms with Gasteiger partial charge in [0.1, 0.15) is 11.4 Å². The summed E-state index contributed by atoms with van der Waals surface area (Å²) in [4.78, 5) is 24.1. The van der Waals surface area contributed by atoms with Gasteiger partial charge in [-0.3, -0.25) is 9.20 Å². The quantitative estimate of drug-likeness (QED) is 0.537. The molecule has 1 saturated carbocycles. The maximum Gasteiger partial charge on any atom is 0.341 e. The number of hydrogen-bond donors (Lipinski definition) is 2. The molecule has 4 rings (SSSR count). The molecule has 2 heterocycles. The lowest BCUT2D eigenvalue weighted by atomic mass is 9.96. The van der Waals surface area contributed by atoms with E-state index in [0.29, 0.717) is 16.4 Å². The molecular formula is C20H18FN2O3P. The van der Waals surface area contributed by atoms with Crippen LogP contribution in [0.3, 0.4) is 0 Å². The molecule has 0 aliphatic heterocycles. The number of anilines is 1. The third-order valence-electron chi connectivity index (χ3n) is 5.13. The maximum atomic E-state index is 14.1. The van der Waals surface area contributed by atoms with Crippen LogP contribution in [0, 0.1) is 12.7 Å². The maximum absolute atomic E-state index is 14.1. The first kappa shape index (κ1) is 17.7. The van der Waals surface area contributed by atoms with Gasteiger partial charge in [-0.2, -0.15) is 0 Å².